The van der Waals surface area contributed by atoms with E-state index in [1.807, 2.05) is 0 Å². The van der Waals surface area contributed by atoms with Crippen LogP contribution in [0.5, 0.6) is 0 Å². The van der Waals surface area contributed by atoms with Crippen molar-refractivity contribution in [2.45, 2.75) is 33.1 Å². The first-order valence-electron chi connectivity index (χ1n) is 5.99. The van der Waals surface area contributed by atoms with E-state index in [2.05, 4.69) is 39.2 Å². The van der Waals surface area contributed by atoms with Crippen molar-refractivity contribution in [3.05, 3.63) is 12.2 Å². The summed E-state index contributed by atoms with van der Waals surface area (Å²) in [5.74, 6) is 1.58. The monoisotopic (exact) mass is 250 g/mol. The van der Waals surface area contributed by atoms with Crippen molar-refractivity contribution in [1.82, 2.24) is 25.3 Å². The molecule has 98 valence electrons. The number of nitrogens with zero attached hydrogens (tertiary/aromatic N) is 4. The molecule has 0 amide bonds. The number of aryl methyl sites for hydroxylation is 1. The molecule has 0 fully saturated rings. The van der Waals surface area contributed by atoms with E-state index in [1.54, 1.807) is 0 Å². The van der Waals surface area contributed by atoms with Gasteiger partial charge in [-0.2, -0.15) is 10.1 Å². The Labute approximate surface area is 105 Å². The molecule has 0 aliphatic rings. The molecule has 2 heterocycles. The van der Waals surface area contributed by atoms with Crippen molar-refractivity contribution in [1.29, 1.82) is 0 Å². The molecule has 0 saturated heterocycles. The third-order valence-electron chi connectivity index (χ3n) is 2.93. The van der Waals surface area contributed by atoms with Gasteiger partial charge in [0.25, 0.3) is 0 Å². The van der Waals surface area contributed by atoms with E-state index in [-0.39, 0.29) is 5.41 Å². The Bertz CT molecular complexity index is 475. The molecule has 2 aromatic heterocycles. The predicted octanol–water partition coefficient (Wildman–Crippen LogP) is 1.16. The van der Waals surface area contributed by atoms with E-state index in [0.717, 1.165) is 19.3 Å². The molecule has 0 aliphatic heterocycles. The summed E-state index contributed by atoms with van der Waals surface area (Å²) in [6, 6.07) is 0. The summed E-state index contributed by atoms with van der Waals surface area (Å²) in [4.78, 5) is 8.24. The highest BCUT2D eigenvalue weighted by Gasteiger charge is 2.19. The van der Waals surface area contributed by atoms with Crippen LogP contribution in [0, 0.1) is 5.41 Å². The Hall–Kier alpha value is -1.76. The Morgan fingerprint density at radius 1 is 1.39 bits per heavy atom. The van der Waals surface area contributed by atoms with E-state index < -0.39 is 0 Å². The average Bonchev–Trinajstić information content (AvgIpc) is 2.97. The second-order valence-electron chi connectivity index (χ2n) is 5.05. The number of H-pyrrole nitrogens is 1. The summed E-state index contributed by atoms with van der Waals surface area (Å²) in [6.07, 6.45) is 4.10. The first kappa shape index (κ1) is 12.7. The Morgan fingerprint density at radius 2 is 2.22 bits per heavy atom. The van der Waals surface area contributed by atoms with Gasteiger partial charge in [-0.1, -0.05) is 19.0 Å². The van der Waals surface area contributed by atoms with Crippen LogP contribution in [-0.4, -0.2) is 31.9 Å². The van der Waals surface area contributed by atoms with Gasteiger partial charge in [-0.05, 0) is 24.8 Å². The third kappa shape index (κ3) is 3.13. The highest BCUT2D eigenvalue weighted by Crippen LogP contribution is 2.26. The van der Waals surface area contributed by atoms with Crippen molar-refractivity contribution in [3.63, 3.8) is 0 Å². The lowest BCUT2D eigenvalue weighted by atomic mass is 9.84. The topological polar surface area (TPSA) is 107 Å². The van der Waals surface area contributed by atoms with Crippen LogP contribution >= 0.6 is 0 Å². The van der Waals surface area contributed by atoms with Crippen molar-refractivity contribution in [3.8, 4) is 11.6 Å². The molecule has 3 N–H and O–H groups in total. The van der Waals surface area contributed by atoms with Gasteiger partial charge in [-0.3, -0.25) is 5.10 Å². The molecular formula is C11H18N6O. The number of nitrogens with one attached hydrogen (secondary N) is 1. The molecule has 0 radical (unpaired) electrons. The number of aromatic nitrogens is 5. The van der Waals surface area contributed by atoms with Gasteiger partial charge in [0.15, 0.2) is 5.82 Å². The number of rotatable bonds is 6. The van der Waals surface area contributed by atoms with Crippen LogP contribution < -0.4 is 5.73 Å². The Balaban J connectivity index is 1.95. The van der Waals surface area contributed by atoms with Gasteiger partial charge in [0, 0.05) is 6.42 Å². The van der Waals surface area contributed by atoms with Crippen molar-refractivity contribution < 1.29 is 4.52 Å². The molecule has 18 heavy (non-hydrogen) atoms. The van der Waals surface area contributed by atoms with Gasteiger partial charge in [-0.15, -0.1) is 0 Å². The van der Waals surface area contributed by atoms with E-state index in [0.29, 0.717) is 24.1 Å². The highest BCUT2D eigenvalue weighted by atomic mass is 16.5. The van der Waals surface area contributed by atoms with Crippen molar-refractivity contribution in [2.24, 2.45) is 11.1 Å². The minimum Gasteiger partial charge on any atom is -0.339 e. The van der Waals surface area contributed by atoms with Crippen LogP contribution in [0.2, 0.25) is 0 Å². The molecule has 0 bridgehead atoms. The van der Waals surface area contributed by atoms with Crippen LogP contribution in [0.15, 0.2) is 10.9 Å². The van der Waals surface area contributed by atoms with Gasteiger partial charge in [0.1, 0.15) is 6.33 Å². The molecule has 2 aromatic rings. The van der Waals surface area contributed by atoms with Gasteiger partial charge in [0.2, 0.25) is 11.7 Å². The fraction of sp³-hybridized carbons (Fsp3) is 0.636. The smallest absolute Gasteiger partial charge is 0.239 e. The van der Waals surface area contributed by atoms with Gasteiger partial charge < -0.3 is 10.3 Å². The number of hydrogen-bond acceptors (Lipinski definition) is 6. The molecule has 2 rings (SSSR count). The Kier molecular flexibility index (Phi) is 3.71. The second kappa shape index (κ2) is 5.26. The molecule has 7 heteroatoms. The van der Waals surface area contributed by atoms with Gasteiger partial charge in [0.05, 0.1) is 0 Å². The van der Waals surface area contributed by atoms with Gasteiger partial charge in [-0.25, -0.2) is 4.98 Å². The first-order valence-corrected chi connectivity index (χ1v) is 5.99. The maximum atomic E-state index is 5.58. The van der Waals surface area contributed by atoms with Crippen LogP contribution in [0.1, 0.15) is 32.6 Å². The normalized spacial score (nSPS) is 11.9. The largest absolute Gasteiger partial charge is 0.339 e. The summed E-state index contributed by atoms with van der Waals surface area (Å²) in [5, 5.41) is 10.3. The molecule has 0 aliphatic carbocycles. The summed E-state index contributed by atoms with van der Waals surface area (Å²) in [6.45, 7) is 5.07. The standard InChI is InChI=1S/C11H18N6O/c1-11(2,5-6-12)4-3-8-15-10(17-18-8)9-13-7-14-16-9/h7H,3-6,12H2,1-2H3,(H,13,14,16). The molecule has 7 nitrogen and oxygen atoms in total. The summed E-state index contributed by atoms with van der Waals surface area (Å²) in [5.41, 5.74) is 5.77. The van der Waals surface area contributed by atoms with E-state index in [1.165, 1.54) is 6.33 Å². The number of hydrogen-bond donors (Lipinski definition) is 2. The third-order valence-corrected chi connectivity index (χ3v) is 2.93. The zero-order valence-electron chi connectivity index (χ0n) is 10.7. The summed E-state index contributed by atoms with van der Waals surface area (Å²) >= 11 is 0. The second-order valence-corrected chi connectivity index (χ2v) is 5.05. The SMILES string of the molecule is CC(C)(CCN)CCc1nc(-c2ncn[nH]2)no1. The predicted molar refractivity (Wildman–Crippen MR) is 65.4 cm³/mol. The number of aromatic amines is 1. The van der Waals surface area contributed by atoms with Crippen LogP contribution in [-0.2, 0) is 6.42 Å². The highest BCUT2D eigenvalue weighted by molar-refractivity contribution is 5.39. The van der Waals surface area contributed by atoms with E-state index >= 15 is 0 Å². The van der Waals surface area contributed by atoms with Crippen LogP contribution in [0.3, 0.4) is 0 Å². The zero-order valence-corrected chi connectivity index (χ0v) is 10.7. The lowest BCUT2D eigenvalue weighted by Crippen LogP contribution is -2.17. The van der Waals surface area contributed by atoms with Crippen LogP contribution in [0.25, 0.3) is 11.6 Å². The maximum Gasteiger partial charge on any atom is 0.239 e. The van der Waals surface area contributed by atoms with Crippen molar-refractivity contribution in [2.75, 3.05) is 6.54 Å². The minimum atomic E-state index is 0.190. The molecule has 0 saturated carbocycles. The molecule has 0 unspecified atom stereocenters. The lowest BCUT2D eigenvalue weighted by molar-refractivity contribution is 0.289. The average molecular weight is 250 g/mol. The van der Waals surface area contributed by atoms with E-state index in [4.69, 9.17) is 10.3 Å². The minimum absolute atomic E-state index is 0.190. The molecule has 0 aromatic carbocycles. The van der Waals surface area contributed by atoms with E-state index in [9.17, 15) is 0 Å². The fourth-order valence-electron chi connectivity index (χ4n) is 1.73. The summed E-state index contributed by atoms with van der Waals surface area (Å²) < 4.78 is 5.18. The molecule has 0 spiro atoms. The Morgan fingerprint density at radius 3 is 2.89 bits per heavy atom. The fourth-order valence-corrected chi connectivity index (χ4v) is 1.73. The van der Waals surface area contributed by atoms with Gasteiger partial charge >= 0.3 is 0 Å². The molecular weight excluding hydrogens is 232 g/mol. The number of nitrogens with two attached hydrogens (primary N) is 1. The van der Waals surface area contributed by atoms with Crippen molar-refractivity contribution >= 4 is 0 Å². The quantitative estimate of drug-likeness (QED) is 0.796. The lowest BCUT2D eigenvalue weighted by Gasteiger charge is -2.22. The molecule has 0 atom stereocenters. The zero-order chi connectivity index (χ0) is 13.0. The first-order chi connectivity index (χ1) is 8.61. The summed E-state index contributed by atoms with van der Waals surface area (Å²) in [7, 11) is 0. The van der Waals surface area contributed by atoms with Crippen LogP contribution in [0.4, 0.5) is 0 Å². The maximum absolute atomic E-state index is 5.58.